The first kappa shape index (κ1) is 28.7. The van der Waals surface area contributed by atoms with Crippen LogP contribution in [0, 0.1) is 0 Å². The molecule has 2 aliphatic carbocycles. The molecular weight excluding hydrogens is 449 g/mol. The van der Waals surface area contributed by atoms with E-state index in [9.17, 15) is 0 Å². The maximum absolute atomic E-state index is 5.13. The molecule has 2 aromatic heterocycles. The van der Waals surface area contributed by atoms with Gasteiger partial charge in [0.2, 0.25) is 0 Å². The Morgan fingerprint density at radius 1 is 0.568 bits per heavy atom. The zero-order valence-corrected chi connectivity index (χ0v) is 24.1. The van der Waals surface area contributed by atoms with Crippen molar-refractivity contribution in [2.75, 3.05) is 0 Å². The van der Waals surface area contributed by atoms with Crippen molar-refractivity contribution in [2.45, 2.75) is 172 Å². The lowest BCUT2D eigenvalue weighted by Crippen LogP contribution is -2.21. The van der Waals surface area contributed by atoms with E-state index in [1.54, 1.807) is 0 Å². The number of fused-ring (bicyclic) bond motifs is 1. The van der Waals surface area contributed by atoms with E-state index < -0.39 is 0 Å². The Kier molecular flexibility index (Phi) is 13.4. The second-order valence-corrected chi connectivity index (χ2v) is 12.7. The van der Waals surface area contributed by atoms with Gasteiger partial charge in [0.15, 0.2) is 7.28 Å². The van der Waals surface area contributed by atoms with Crippen molar-refractivity contribution in [1.29, 1.82) is 0 Å². The van der Waals surface area contributed by atoms with Crippen molar-refractivity contribution in [3.8, 4) is 0 Å². The molecule has 2 aliphatic rings. The Hall–Kier alpha value is -1.32. The Bertz CT molecular complexity index is 834. The van der Waals surface area contributed by atoms with E-state index >= 15 is 0 Å². The van der Waals surface area contributed by atoms with Crippen molar-refractivity contribution in [3.05, 3.63) is 18.1 Å². The molecule has 2 aromatic rings. The van der Waals surface area contributed by atoms with Crippen LogP contribution >= 0.6 is 0 Å². The Balaban J connectivity index is 1.36. The molecule has 0 aliphatic heterocycles. The maximum atomic E-state index is 5.13. The van der Waals surface area contributed by atoms with Crippen molar-refractivity contribution in [3.63, 3.8) is 0 Å². The highest BCUT2D eigenvalue weighted by Crippen LogP contribution is 2.29. The zero-order chi connectivity index (χ0) is 25.4. The van der Waals surface area contributed by atoms with E-state index in [0.717, 1.165) is 17.3 Å². The van der Waals surface area contributed by atoms with Gasteiger partial charge >= 0.3 is 0 Å². The largest absolute Gasteiger partial charge is 0.352 e. The van der Waals surface area contributed by atoms with Gasteiger partial charge in [-0.25, -0.2) is 9.97 Å². The molecule has 0 amide bonds. The fourth-order valence-corrected chi connectivity index (χ4v) is 7.01. The van der Waals surface area contributed by atoms with Crippen LogP contribution in [-0.2, 0) is 0 Å². The molecule has 37 heavy (non-hydrogen) atoms. The van der Waals surface area contributed by atoms with Crippen molar-refractivity contribution in [1.82, 2.24) is 15.0 Å². The number of H-pyrrole nitrogens is 1. The monoisotopic (exact) mass is 505 g/mol. The van der Waals surface area contributed by atoms with E-state index in [1.807, 2.05) is 0 Å². The summed E-state index contributed by atoms with van der Waals surface area (Å²) in [5.41, 5.74) is 2.48. The molecule has 2 saturated carbocycles. The van der Waals surface area contributed by atoms with Crippen molar-refractivity contribution in [2.24, 2.45) is 0 Å². The summed E-state index contributed by atoms with van der Waals surface area (Å²) in [6, 6.07) is 2.36. The Morgan fingerprint density at radius 3 is 1.49 bits per heavy atom. The number of hydrogen-bond acceptors (Lipinski definition) is 2. The van der Waals surface area contributed by atoms with Gasteiger partial charge in [-0.3, -0.25) is 0 Å². The molecule has 2 fully saturated rings. The summed E-state index contributed by atoms with van der Waals surface area (Å²) in [6.07, 6.45) is 37.3. The number of aromatic amines is 1. The van der Waals surface area contributed by atoms with Gasteiger partial charge in [0, 0.05) is 17.5 Å². The zero-order valence-electron chi connectivity index (χ0n) is 24.1. The smallest absolute Gasteiger partial charge is 0.182 e. The molecule has 0 aromatic carbocycles. The number of hydrogen-bond donors (Lipinski definition) is 1. The van der Waals surface area contributed by atoms with Crippen LogP contribution < -0.4 is 5.59 Å². The van der Waals surface area contributed by atoms with Gasteiger partial charge in [-0.15, -0.1) is 0 Å². The third-order valence-electron chi connectivity index (χ3n) is 9.40. The van der Waals surface area contributed by atoms with Gasteiger partial charge in [-0.1, -0.05) is 153 Å². The summed E-state index contributed by atoms with van der Waals surface area (Å²) in [7, 11) is 1.19. The van der Waals surface area contributed by atoms with E-state index in [-0.39, 0.29) is 0 Å². The SMILES string of the molecule is B(c1cc2cnc(C3CCCCCCCCCCC3)nc2[nH]1)C1CCCCCCCCCCCCCC1. The minimum absolute atomic E-state index is 0.541. The molecule has 4 heteroatoms. The van der Waals surface area contributed by atoms with E-state index in [2.05, 4.69) is 17.2 Å². The molecule has 206 valence electrons. The first-order chi connectivity index (χ1) is 18.4. The second kappa shape index (κ2) is 17.3. The van der Waals surface area contributed by atoms with Crippen LogP contribution in [0.3, 0.4) is 0 Å². The third kappa shape index (κ3) is 10.8. The van der Waals surface area contributed by atoms with Crippen molar-refractivity contribution >= 4 is 23.9 Å². The van der Waals surface area contributed by atoms with Crippen LogP contribution in [0.15, 0.2) is 12.3 Å². The minimum atomic E-state index is 0.541. The Labute approximate surface area is 229 Å². The number of rotatable bonds is 3. The summed E-state index contributed by atoms with van der Waals surface area (Å²) in [6.45, 7) is 0. The minimum Gasteiger partial charge on any atom is -0.352 e. The standard InChI is InChI=1S/C33H56BN3/c1-2-4-9-13-17-21-25-30(24-20-16-12-8-3-1)34-31-26-29-27-35-32(37-33(29)36-31)28-22-18-14-10-6-5-7-11-15-19-23-28/h26-28,30,34H,1-25H2,(H,35,36,37). The molecule has 0 spiro atoms. The molecule has 0 atom stereocenters. The molecule has 1 N–H and O–H groups in total. The molecule has 0 radical (unpaired) electrons. The van der Waals surface area contributed by atoms with E-state index in [4.69, 9.17) is 9.97 Å². The predicted molar refractivity (Wildman–Crippen MR) is 163 cm³/mol. The summed E-state index contributed by atoms with van der Waals surface area (Å²) >= 11 is 0. The summed E-state index contributed by atoms with van der Waals surface area (Å²) < 4.78 is 0. The highest BCUT2D eigenvalue weighted by Gasteiger charge is 2.18. The van der Waals surface area contributed by atoms with Gasteiger partial charge < -0.3 is 4.98 Å². The maximum Gasteiger partial charge on any atom is 0.182 e. The normalized spacial score (nSPS) is 22.4. The molecule has 3 nitrogen and oxygen atoms in total. The average Bonchev–Trinajstić information content (AvgIpc) is 3.29. The predicted octanol–water partition coefficient (Wildman–Crippen LogP) is 9.67. The molecule has 0 saturated heterocycles. The molecular formula is C33H56BN3. The second-order valence-electron chi connectivity index (χ2n) is 12.7. The Morgan fingerprint density at radius 2 is 1.00 bits per heavy atom. The van der Waals surface area contributed by atoms with Gasteiger partial charge in [0.25, 0.3) is 0 Å². The molecule has 4 rings (SSSR count). The summed E-state index contributed by atoms with van der Waals surface area (Å²) in [4.78, 5) is 13.8. The number of nitrogens with zero attached hydrogens (tertiary/aromatic N) is 2. The molecule has 0 unspecified atom stereocenters. The van der Waals surface area contributed by atoms with Gasteiger partial charge in [0.1, 0.15) is 11.5 Å². The first-order valence-electron chi connectivity index (χ1n) is 16.7. The van der Waals surface area contributed by atoms with Gasteiger partial charge in [-0.05, 0) is 24.5 Å². The van der Waals surface area contributed by atoms with Crippen LogP contribution in [0.25, 0.3) is 11.0 Å². The highest BCUT2D eigenvalue weighted by molar-refractivity contribution is 6.54. The van der Waals surface area contributed by atoms with Crippen LogP contribution in [0.1, 0.15) is 172 Å². The van der Waals surface area contributed by atoms with Gasteiger partial charge in [0.05, 0.1) is 0 Å². The molecule has 2 heterocycles. The van der Waals surface area contributed by atoms with Crippen LogP contribution in [-0.4, -0.2) is 22.2 Å². The van der Waals surface area contributed by atoms with Crippen LogP contribution in [0.2, 0.25) is 5.82 Å². The number of aromatic nitrogens is 3. The lowest BCUT2D eigenvalue weighted by atomic mass is 9.58. The fourth-order valence-electron chi connectivity index (χ4n) is 7.01. The quantitative estimate of drug-likeness (QED) is 0.422. The topological polar surface area (TPSA) is 41.6 Å². The third-order valence-corrected chi connectivity index (χ3v) is 9.40. The summed E-state index contributed by atoms with van der Waals surface area (Å²) in [5.74, 6) is 2.46. The van der Waals surface area contributed by atoms with E-state index in [0.29, 0.717) is 5.92 Å². The fraction of sp³-hybridized carbons (Fsp3) is 0.818. The lowest BCUT2D eigenvalue weighted by molar-refractivity contribution is 0.456. The summed E-state index contributed by atoms with van der Waals surface area (Å²) in [5, 5.41) is 1.21. The van der Waals surface area contributed by atoms with Crippen LogP contribution in [0.5, 0.6) is 0 Å². The van der Waals surface area contributed by atoms with E-state index in [1.165, 1.54) is 179 Å². The van der Waals surface area contributed by atoms with Gasteiger partial charge in [-0.2, -0.15) is 0 Å². The van der Waals surface area contributed by atoms with Crippen LogP contribution in [0.4, 0.5) is 0 Å². The lowest BCUT2D eigenvalue weighted by Gasteiger charge is -2.16. The van der Waals surface area contributed by atoms with Crippen molar-refractivity contribution < 1.29 is 0 Å². The first-order valence-corrected chi connectivity index (χ1v) is 16.7. The molecule has 0 bridgehead atoms. The number of nitrogens with one attached hydrogen (secondary N) is 1. The average molecular weight is 506 g/mol. The highest BCUT2D eigenvalue weighted by atomic mass is 14.9.